The van der Waals surface area contributed by atoms with Gasteiger partial charge in [0.1, 0.15) is 0 Å². The number of fused-ring (bicyclic) bond motifs is 1. The van der Waals surface area contributed by atoms with Crippen molar-refractivity contribution in [1.82, 2.24) is 9.62 Å². The Morgan fingerprint density at radius 3 is 2.23 bits per heavy atom. The summed E-state index contributed by atoms with van der Waals surface area (Å²) in [5.74, 6) is -1.26. The van der Waals surface area contributed by atoms with Crippen molar-refractivity contribution < 1.29 is 18.0 Å². The molecule has 0 bridgehead atoms. The maximum absolute atomic E-state index is 12.6. The number of hydrogen-bond donors (Lipinski definition) is 1. The zero-order valence-corrected chi connectivity index (χ0v) is 12.8. The van der Waals surface area contributed by atoms with E-state index in [1.165, 1.54) is 12.1 Å². The number of carbonyl (C=O) groups is 2. The van der Waals surface area contributed by atoms with Gasteiger partial charge in [0.2, 0.25) is 21.8 Å². The molecule has 0 spiro atoms. The molecule has 2 aromatic carbocycles. The number of amides is 2. The van der Waals surface area contributed by atoms with Crippen LogP contribution in [0.4, 0.5) is 0 Å². The Bertz CT molecular complexity index is 879. The number of hydrogen-bond acceptors (Lipinski definition) is 4. The molecule has 1 N–H and O–H groups in total. The van der Waals surface area contributed by atoms with E-state index in [0.29, 0.717) is 10.4 Å². The van der Waals surface area contributed by atoms with Crippen molar-refractivity contribution in [2.45, 2.75) is 4.90 Å². The van der Waals surface area contributed by atoms with Gasteiger partial charge < -0.3 is 0 Å². The summed E-state index contributed by atoms with van der Waals surface area (Å²) in [5.41, 5.74) is 0. The van der Waals surface area contributed by atoms with E-state index in [0.717, 1.165) is 9.69 Å². The second kappa shape index (κ2) is 5.35. The van der Waals surface area contributed by atoms with Crippen LogP contribution in [-0.4, -0.2) is 37.6 Å². The molecule has 6 nitrogen and oxygen atoms in total. The summed E-state index contributed by atoms with van der Waals surface area (Å²) in [4.78, 5) is 22.8. The van der Waals surface area contributed by atoms with E-state index in [9.17, 15) is 18.0 Å². The van der Waals surface area contributed by atoms with Gasteiger partial charge in [0.25, 0.3) is 0 Å². The minimum atomic E-state index is -3.91. The van der Waals surface area contributed by atoms with Crippen LogP contribution in [-0.2, 0) is 19.6 Å². The highest BCUT2D eigenvalue weighted by atomic mass is 35.5. The third kappa shape index (κ3) is 2.70. The van der Waals surface area contributed by atoms with Gasteiger partial charge in [0, 0.05) is 5.02 Å². The van der Waals surface area contributed by atoms with Gasteiger partial charge in [-0.05, 0) is 35.0 Å². The van der Waals surface area contributed by atoms with Crippen molar-refractivity contribution in [2.75, 3.05) is 13.1 Å². The summed E-state index contributed by atoms with van der Waals surface area (Å²) in [6.45, 7) is -0.737. The van der Waals surface area contributed by atoms with Gasteiger partial charge >= 0.3 is 0 Å². The topological polar surface area (TPSA) is 83.6 Å². The standard InChI is InChI=1S/C14H11ClN2O4S/c15-11-3-1-10-6-12(4-2-9(10)5-11)22(20,21)17-7-13(18)16-14(19)8-17/h1-6H,7-8H2,(H,16,18,19). The van der Waals surface area contributed by atoms with Crippen molar-refractivity contribution in [3.8, 4) is 0 Å². The fraction of sp³-hybridized carbons (Fsp3) is 0.143. The summed E-state index contributed by atoms with van der Waals surface area (Å²) in [6, 6.07) is 9.68. The molecule has 1 saturated heterocycles. The van der Waals surface area contributed by atoms with E-state index in [-0.39, 0.29) is 18.0 Å². The fourth-order valence-corrected chi connectivity index (χ4v) is 3.85. The maximum Gasteiger partial charge on any atom is 0.244 e. The predicted molar refractivity (Wildman–Crippen MR) is 80.9 cm³/mol. The van der Waals surface area contributed by atoms with E-state index < -0.39 is 21.8 Å². The molecule has 8 heteroatoms. The van der Waals surface area contributed by atoms with Crippen LogP contribution in [0, 0.1) is 0 Å². The molecule has 114 valence electrons. The van der Waals surface area contributed by atoms with Crippen LogP contribution in [0.3, 0.4) is 0 Å². The van der Waals surface area contributed by atoms with Crippen LogP contribution in [0.1, 0.15) is 0 Å². The summed E-state index contributed by atoms with van der Waals surface area (Å²) < 4.78 is 26.0. The molecular weight excluding hydrogens is 328 g/mol. The number of rotatable bonds is 2. The first-order valence-corrected chi connectivity index (χ1v) is 8.20. The van der Waals surface area contributed by atoms with Crippen molar-refractivity contribution in [3.63, 3.8) is 0 Å². The van der Waals surface area contributed by atoms with Gasteiger partial charge in [-0.25, -0.2) is 8.42 Å². The van der Waals surface area contributed by atoms with Crippen LogP contribution in [0.2, 0.25) is 5.02 Å². The summed E-state index contributed by atoms with van der Waals surface area (Å²) >= 11 is 5.89. The van der Waals surface area contributed by atoms with Gasteiger partial charge in [-0.1, -0.05) is 23.7 Å². The Hall–Kier alpha value is -1.96. The van der Waals surface area contributed by atoms with Gasteiger partial charge in [0.15, 0.2) is 0 Å². The predicted octanol–water partition coefficient (Wildman–Crippen LogP) is 1.14. The third-order valence-electron chi connectivity index (χ3n) is 3.33. The molecule has 1 fully saturated rings. The number of halogens is 1. The molecule has 22 heavy (non-hydrogen) atoms. The Balaban J connectivity index is 2.03. The molecule has 3 rings (SSSR count). The Morgan fingerprint density at radius 1 is 0.955 bits per heavy atom. The number of nitrogens with zero attached hydrogens (tertiary/aromatic N) is 1. The number of benzene rings is 2. The summed E-state index contributed by atoms with van der Waals surface area (Å²) in [6.07, 6.45) is 0. The van der Waals surface area contributed by atoms with E-state index in [2.05, 4.69) is 5.32 Å². The Morgan fingerprint density at radius 2 is 1.55 bits per heavy atom. The maximum atomic E-state index is 12.6. The highest BCUT2D eigenvalue weighted by molar-refractivity contribution is 7.89. The Kier molecular flexibility index (Phi) is 3.64. The molecule has 0 aliphatic carbocycles. The van der Waals surface area contributed by atoms with Crippen molar-refractivity contribution in [2.24, 2.45) is 0 Å². The normalized spacial score (nSPS) is 16.8. The molecule has 1 heterocycles. The van der Waals surface area contributed by atoms with Gasteiger partial charge in [-0.15, -0.1) is 0 Å². The average molecular weight is 339 g/mol. The molecule has 0 aromatic heterocycles. The first-order valence-electron chi connectivity index (χ1n) is 6.38. The minimum Gasteiger partial charge on any atom is -0.294 e. The quantitative estimate of drug-likeness (QED) is 0.832. The van der Waals surface area contributed by atoms with Crippen LogP contribution < -0.4 is 5.32 Å². The summed E-state index contributed by atoms with van der Waals surface area (Å²) in [5, 5.41) is 4.14. The largest absolute Gasteiger partial charge is 0.294 e. The lowest BCUT2D eigenvalue weighted by Crippen LogP contribution is -2.53. The smallest absolute Gasteiger partial charge is 0.244 e. The van der Waals surface area contributed by atoms with Gasteiger partial charge in [-0.3, -0.25) is 14.9 Å². The average Bonchev–Trinajstić information content (AvgIpc) is 2.45. The number of carbonyl (C=O) groups excluding carboxylic acids is 2. The molecule has 0 atom stereocenters. The van der Waals surface area contributed by atoms with Gasteiger partial charge in [-0.2, -0.15) is 4.31 Å². The molecule has 1 aliphatic rings. The number of nitrogens with one attached hydrogen (secondary N) is 1. The second-order valence-corrected chi connectivity index (χ2v) is 7.27. The first-order chi connectivity index (χ1) is 10.4. The van der Waals surface area contributed by atoms with E-state index in [4.69, 9.17) is 11.6 Å². The van der Waals surface area contributed by atoms with Crippen molar-refractivity contribution in [3.05, 3.63) is 41.4 Å². The molecule has 0 unspecified atom stereocenters. The minimum absolute atomic E-state index is 0.0322. The highest BCUT2D eigenvalue weighted by Crippen LogP contribution is 2.24. The lowest BCUT2D eigenvalue weighted by Gasteiger charge is -2.24. The number of sulfonamides is 1. The SMILES string of the molecule is O=C1CN(S(=O)(=O)c2ccc3cc(Cl)ccc3c2)CC(=O)N1. The zero-order valence-electron chi connectivity index (χ0n) is 11.2. The van der Waals surface area contributed by atoms with Crippen molar-refractivity contribution >= 4 is 44.2 Å². The third-order valence-corrected chi connectivity index (χ3v) is 5.35. The molecule has 2 amide bonds. The Labute approximate surface area is 131 Å². The number of imide groups is 1. The molecule has 2 aromatic rings. The molecule has 0 radical (unpaired) electrons. The van der Waals surface area contributed by atoms with Crippen LogP contribution in [0.15, 0.2) is 41.3 Å². The molecule has 0 saturated carbocycles. The highest BCUT2D eigenvalue weighted by Gasteiger charge is 2.32. The van der Waals surface area contributed by atoms with Crippen LogP contribution >= 0.6 is 11.6 Å². The van der Waals surface area contributed by atoms with Gasteiger partial charge in [0.05, 0.1) is 18.0 Å². The van der Waals surface area contributed by atoms with E-state index >= 15 is 0 Å². The lowest BCUT2D eigenvalue weighted by molar-refractivity contribution is -0.134. The molecular formula is C14H11ClN2O4S. The summed E-state index contributed by atoms with van der Waals surface area (Å²) in [7, 11) is -3.91. The molecule has 1 aliphatic heterocycles. The first kappa shape index (κ1) is 15.0. The zero-order chi connectivity index (χ0) is 15.9. The monoisotopic (exact) mass is 338 g/mol. The number of piperazine rings is 1. The fourth-order valence-electron chi connectivity index (χ4n) is 2.28. The van der Waals surface area contributed by atoms with Crippen LogP contribution in [0.25, 0.3) is 10.8 Å². The lowest BCUT2D eigenvalue weighted by atomic mass is 10.1. The second-order valence-electron chi connectivity index (χ2n) is 4.90. The van der Waals surface area contributed by atoms with E-state index in [1.54, 1.807) is 24.3 Å². The van der Waals surface area contributed by atoms with Crippen molar-refractivity contribution in [1.29, 1.82) is 0 Å². The van der Waals surface area contributed by atoms with Crippen LogP contribution in [0.5, 0.6) is 0 Å². The van der Waals surface area contributed by atoms with E-state index in [1.807, 2.05) is 0 Å².